The molecule has 3 aliphatic rings. The van der Waals surface area contributed by atoms with E-state index in [9.17, 15) is 24.3 Å². The van der Waals surface area contributed by atoms with Crippen molar-refractivity contribution in [1.82, 2.24) is 34.0 Å². The van der Waals surface area contributed by atoms with Crippen molar-refractivity contribution in [3.8, 4) is 16.8 Å². The van der Waals surface area contributed by atoms with Crippen LogP contribution in [0.25, 0.3) is 38.6 Å². The molecule has 2 aliphatic heterocycles. The second kappa shape index (κ2) is 15.4. The van der Waals surface area contributed by atoms with E-state index in [2.05, 4.69) is 14.9 Å². The Kier molecular flexibility index (Phi) is 9.73. The molecule has 1 unspecified atom stereocenters. The molecular weight excluding hydrogens is 777 g/mol. The maximum atomic E-state index is 13.5. The highest BCUT2D eigenvalue weighted by Gasteiger charge is 2.44. The monoisotopic (exact) mass is 820 g/mol. The van der Waals surface area contributed by atoms with Crippen LogP contribution in [0.2, 0.25) is 0 Å². The minimum atomic E-state index is -1.27. The predicted molar refractivity (Wildman–Crippen MR) is 229 cm³/mol. The lowest BCUT2D eigenvalue weighted by Gasteiger charge is -2.43. The Bertz CT molecular complexity index is 2980. The molecular formula is C46H44N8O7. The minimum Gasteiger partial charge on any atom is -0.393 e. The van der Waals surface area contributed by atoms with Crippen molar-refractivity contribution >= 4 is 33.7 Å². The van der Waals surface area contributed by atoms with Crippen molar-refractivity contribution < 1.29 is 19.4 Å². The Balaban J connectivity index is 0.889. The molecule has 6 heterocycles. The zero-order valence-electron chi connectivity index (χ0n) is 33.5. The molecule has 7 aromatic rings. The number of aryl methyl sites for hydroxylation is 1. The number of nitrogens with one attached hydrogen (secondary N) is 2. The van der Waals surface area contributed by atoms with Crippen LogP contribution in [0.1, 0.15) is 47.3 Å². The van der Waals surface area contributed by atoms with Crippen molar-refractivity contribution in [2.75, 3.05) is 37.7 Å². The van der Waals surface area contributed by atoms with Gasteiger partial charge in [0.15, 0.2) is 5.60 Å². The van der Waals surface area contributed by atoms with Gasteiger partial charge in [0.05, 0.1) is 41.8 Å². The Morgan fingerprint density at radius 3 is 2.43 bits per heavy atom. The third-order valence-corrected chi connectivity index (χ3v) is 12.1. The molecule has 1 aliphatic carbocycles. The average Bonchev–Trinajstić information content (AvgIpc) is 3.95. The average molecular weight is 821 g/mol. The fourth-order valence-electron chi connectivity index (χ4n) is 8.62. The lowest BCUT2D eigenvalue weighted by Crippen LogP contribution is -2.55. The number of aromatic nitrogens is 6. The molecule has 1 atom stereocenters. The van der Waals surface area contributed by atoms with Gasteiger partial charge in [0.2, 0.25) is 5.95 Å². The molecule has 3 aromatic carbocycles. The van der Waals surface area contributed by atoms with Gasteiger partial charge < -0.3 is 33.9 Å². The number of piperidine rings is 1. The summed E-state index contributed by atoms with van der Waals surface area (Å²) in [5.74, 6) is 0.390. The van der Waals surface area contributed by atoms with Gasteiger partial charge in [-0.05, 0) is 73.2 Å². The molecule has 4 aromatic heterocycles. The van der Waals surface area contributed by atoms with E-state index in [1.807, 2.05) is 60.8 Å². The van der Waals surface area contributed by atoms with Crippen molar-refractivity contribution in [2.45, 2.75) is 49.6 Å². The first-order valence-electron chi connectivity index (χ1n) is 20.6. The molecule has 1 amide bonds. The summed E-state index contributed by atoms with van der Waals surface area (Å²) >= 11 is 0. The van der Waals surface area contributed by atoms with Gasteiger partial charge in [-0.25, -0.2) is 14.8 Å². The summed E-state index contributed by atoms with van der Waals surface area (Å²) < 4.78 is 16.3. The first kappa shape index (κ1) is 38.5. The molecule has 2 saturated heterocycles. The molecule has 0 spiro atoms. The van der Waals surface area contributed by atoms with Crippen LogP contribution in [0.15, 0.2) is 118 Å². The second-order valence-electron chi connectivity index (χ2n) is 16.2. The Morgan fingerprint density at radius 1 is 0.869 bits per heavy atom. The number of aliphatic hydroxyl groups excluding tert-OH is 1. The van der Waals surface area contributed by atoms with Crippen molar-refractivity contribution in [3.05, 3.63) is 152 Å². The number of H-pyrrole nitrogens is 2. The molecule has 10 rings (SSSR count). The third kappa shape index (κ3) is 7.13. The fourth-order valence-corrected chi connectivity index (χ4v) is 8.62. The number of hydrogen-bond donors (Lipinski definition) is 3. The number of likely N-dealkylation sites (tertiary alicyclic amines) is 1. The number of benzene rings is 3. The summed E-state index contributed by atoms with van der Waals surface area (Å²) in [5, 5.41) is 12.9. The van der Waals surface area contributed by atoms with Crippen LogP contribution in [0, 0.1) is 0 Å². The van der Waals surface area contributed by atoms with E-state index in [1.54, 1.807) is 47.0 Å². The summed E-state index contributed by atoms with van der Waals surface area (Å²) in [7, 11) is 1.74. The Labute approximate surface area is 348 Å². The minimum absolute atomic E-state index is 0.0194. The molecule has 310 valence electrons. The highest BCUT2D eigenvalue weighted by Crippen LogP contribution is 2.43. The zero-order valence-corrected chi connectivity index (χ0v) is 33.5. The number of amides is 1. The summed E-state index contributed by atoms with van der Waals surface area (Å²) in [4.78, 5) is 69.9. The molecule has 1 saturated carbocycles. The highest BCUT2D eigenvalue weighted by molar-refractivity contribution is 5.97. The maximum Gasteiger partial charge on any atom is 0.332 e. The zero-order chi connectivity index (χ0) is 41.8. The molecule has 0 bridgehead atoms. The lowest BCUT2D eigenvalue weighted by molar-refractivity contribution is -0.0673. The van der Waals surface area contributed by atoms with E-state index in [-0.39, 0.29) is 36.4 Å². The van der Waals surface area contributed by atoms with Crippen LogP contribution in [0.4, 0.5) is 5.95 Å². The number of carbonyl (C=O) groups is 1. The van der Waals surface area contributed by atoms with Crippen LogP contribution in [0.5, 0.6) is 0 Å². The summed E-state index contributed by atoms with van der Waals surface area (Å²) in [6.45, 7) is 1.87. The van der Waals surface area contributed by atoms with Gasteiger partial charge in [0.1, 0.15) is 5.52 Å². The topological polar surface area (TPSA) is 181 Å². The number of fused-ring (bicyclic) bond motifs is 2. The van der Waals surface area contributed by atoms with Crippen molar-refractivity contribution in [1.29, 1.82) is 0 Å². The predicted octanol–water partition coefficient (Wildman–Crippen LogP) is 4.24. The van der Waals surface area contributed by atoms with E-state index in [0.29, 0.717) is 72.9 Å². The molecule has 0 radical (unpaired) electrons. The van der Waals surface area contributed by atoms with E-state index >= 15 is 0 Å². The normalized spacial score (nSPS) is 17.1. The molecule has 15 nitrogen and oxygen atoms in total. The number of aromatic amines is 2. The van der Waals surface area contributed by atoms with Crippen molar-refractivity contribution in [3.63, 3.8) is 0 Å². The number of hydrogen-bond acceptors (Lipinski definition) is 10. The van der Waals surface area contributed by atoms with Gasteiger partial charge in [-0.2, -0.15) is 0 Å². The third-order valence-electron chi connectivity index (χ3n) is 12.1. The smallest absolute Gasteiger partial charge is 0.332 e. The number of nitrogens with zero attached hydrogens (tertiary/aromatic N) is 6. The highest BCUT2D eigenvalue weighted by atomic mass is 16.5. The fraction of sp³-hybridized carbons (Fsp3) is 0.304. The summed E-state index contributed by atoms with van der Waals surface area (Å²) in [5.41, 5.74) is 2.85. The Morgan fingerprint density at radius 2 is 1.67 bits per heavy atom. The van der Waals surface area contributed by atoms with Gasteiger partial charge >= 0.3 is 5.69 Å². The van der Waals surface area contributed by atoms with Crippen LogP contribution in [-0.2, 0) is 22.1 Å². The van der Waals surface area contributed by atoms with Crippen LogP contribution in [0.3, 0.4) is 0 Å². The molecule has 3 N–H and O–H groups in total. The first-order valence-corrected chi connectivity index (χ1v) is 20.6. The number of aliphatic hydroxyl groups is 1. The Hall–Kier alpha value is -6.68. The number of rotatable bonds is 11. The molecule has 15 heteroatoms. The lowest BCUT2D eigenvalue weighted by atomic mass is 9.87. The number of pyridine rings is 1. The van der Waals surface area contributed by atoms with E-state index in [4.69, 9.17) is 19.4 Å². The van der Waals surface area contributed by atoms with Crippen LogP contribution >= 0.6 is 0 Å². The van der Waals surface area contributed by atoms with Gasteiger partial charge in [0.25, 0.3) is 17.0 Å². The first-order chi connectivity index (χ1) is 29.7. The van der Waals surface area contributed by atoms with E-state index in [1.165, 1.54) is 16.8 Å². The second-order valence-corrected chi connectivity index (χ2v) is 16.2. The number of anilines is 1. The molecule has 61 heavy (non-hydrogen) atoms. The van der Waals surface area contributed by atoms with Gasteiger partial charge in [0, 0.05) is 79.8 Å². The number of carbonyl (C=O) groups excluding carboxylic acids is 1. The number of ether oxygens (including phenoxy) is 2. The van der Waals surface area contributed by atoms with E-state index in [0.717, 1.165) is 40.3 Å². The van der Waals surface area contributed by atoms with Gasteiger partial charge in [-0.3, -0.25) is 23.9 Å². The van der Waals surface area contributed by atoms with Crippen LogP contribution in [-0.4, -0.2) is 96.1 Å². The summed E-state index contributed by atoms with van der Waals surface area (Å²) in [6.07, 6.45) is 8.05. The van der Waals surface area contributed by atoms with Crippen molar-refractivity contribution in [2.24, 2.45) is 7.05 Å². The standard InChI is InChI=1S/C46H44N8O7/c1-51-26-37(35-14-18-47-40(35)43(51)58)28-10-13-38-36(23-28)41(46(27-55,61-33-11-12-33)30-7-3-2-4-8-30)50-44(48-38)53-24-34(25-53)60-32-15-19-52(20-16-32)42(57)29-6-5-9-31(22-29)54-21-17-39(56)49-45(54)59/h2-10,13-14,17-18,21-23,26,32-34,47,55H,11-12,15-16,19-20,24-25,27H2,1H3,(H,49,56,59). The SMILES string of the molecule is Cn1cc(-c2ccc3nc(N4CC(OC5CCN(C(=O)c6cccc(-n7ccc(=O)[nH]c7=O)c6)CC5)C4)nc(C(CO)(OC4CC4)c4ccccc4)c3c2)c2cc[nH]c2c1=O. The largest absolute Gasteiger partial charge is 0.393 e. The van der Waals surface area contributed by atoms with Gasteiger partial charge in [-0.15, -0.1) is 0 Å². The summed E-state index contributed by atoms with van der Waals surface area (Å²) in [6, 6.07) is 25.7. The quantitative estimate of drug-likeness (QED) is 0.171. The molecule has 3 fully saturated rings. The van der Waals surface area contributed by atoms with Gasteiger partial charge in [-0.1, -0.05) is 42.5 Å². The maximum absolute atomic E-state index is 13.5. The van der Waals surface area contributed by atoms with E-state index < -0.39 is 16.9 Å². The van der Waals surface area contributed by atoms with Crippen LogP contribution < -0.4 is 21.7 Å².